The molecule has 1 heterocycles. The second-order valence-corrected chi connectivity index (χ2v) is 9.78. The molecule has 2 aromatic carbocycles. The van der Waals surface area contributed by atoms with Crippen LogP contribution in [0.15, 0.2) is 53.4 Å². The molecular formula is C22H27ClN2O4S. The molecule has 2 atom stereocenters. The van der Waals surface area contributed by atoms with E-state index in [-0.39, 0.29) is 29.8 Å². The molecule has 1 saturated heterocycles. The maximum Gasteiger partial charge on any atom is 0.243 e. The average molecular weight is 451 g/mol. The normalized spacial score (nSPS) is 19.6. The van der Waals surface area contributed by atoms with Gasteiger partial charge in [-0.3, -0.25) is 4.79 Å². The Labute approximate surface area is 183 Å². The van der Waals surface area contributed by atoms with Gasteiger partial charge < -0.3 is 10.1 Å². The van der Waals surface area contributed by atoms with E-state index in [1.165, 1.54) is 16.4 Å². The van der Waals surface area contributed by atoms with Gasteiger partial charge in [-0.2, -0.15) is 4.31 Å². The Morgan fingerprint density at radius 1 is 1.13 bits per heavy atom. The number of nitrogens with one attached hydrogen (secondary N) is 1. The SMILES string of the molecule is CCCCNC(=O)[C@H]1CN(S(=O)(=O)c2ccc(Cl)cc2)C[C@@H]1c1ccc(OC)cc1. The number of hydrogen-bond acceptors (Lipinski definition) is 4. The standard InChI is InChI=1S/C22H27ClN2O4S/c1-3-4-13-24-22(26)21-15-25(30(27,28)19-11-7-17(23)8-12-19)14-20(21)16-5-9-18(29-2)10-6-16/h5-12,20-21H,3-4,13-15H2,1-2H3,(H,24,26)/t20-,21+/m1/s1. The molecule has 0 radical (unpaired) electrons. The number of hydrogen-bond donors (Lipinski definition) is 1. The predicted octanol–water partition coefficient (Wildman–Crippen LogP) is 3.67. The minimum atomic E-state index is -3.73. The Hall–Kier alpha value is -2.09. The fourth-order valence-electron chi connectivity index (χ4n) is 3.69. The van der Waals surface area contributed by atoms with Gasteiger partial charge in [-0.25, -0.2) is 8.42 Å². The van der Waals surface area contributed by atoms with Crippen LogP contribution in [0.2, 0.25) is 5.02 Å². The molecule has 0 aliphatic carbocycles. The lowest BCUT2D eigenvalue weighted by Gasteiger charge is -2.18. The van der Waals surface area contributed by atoms with Crippen molar-refractivity contribution in [3.05, 3.63) is 59.1 Å². The molecule has 6 nitrogen and oxygen atoms in total. The van der Waals surface area contributed by atoms with Crippen LogP contribution in [0.25, 0.3) is 0 Å². The number of rotatable bonds is 8. The van der Waals surface area contributed by atoms with E-state index in [4.69, 9.17) is 16.3 Å². The van der Waals surface area contributed by atoms with Gasteiger partial charge in [0.05, 0.1) is 17.9 Å². The zero-order valence-corrected chi connectivity index (χ0v) is 18.7. The molecule has 1 amide bonds. The molecule has 8 heteroatoms. The van der Waals surface area contributed by atoms with Crippen LogP contribution < -0.4 is 10.1 Å². The third-order valence-electron chi connectivity index (χ3n) is 5.45. The van der Waals surface area contributed by atoms with Crippen molar-refractivity contribution in [3.63, 3.8) is 0 Å². The summed E-state index contributed by atoms with van der Waals surface area (Å²) in [5.41, 5.74) is 0.917. The molecule has 3 rings (SSSR count). The van der Waals surface area contributed by atoms with Crippen LogP contribution in [0.5, 0.6) is 5.75 Å². The fraction of sp³-hybridized carbons (Fsp3) is 0.409. The van der Waals surface area contributed by atoms with Gasteiger partial charge in [0, 0.05) is 30.6 Å². The Kier molecular flexibility index (Phi) is 7.39. The van der Waals surface area contributed by atoms with Crippen LogP contribution in [0, 0.1) is 5.92 Å². The summed E-state index contributed by atoms with van der Waals surface area (Å²) in [6.45, 7) is 3.02. The molecule has 1 N–H and O–H groups in total. The summed E-state index contributed by atoms with van der Waals surface area (Å²) in [6, 6.07) is 13.6. The number of benzene rings is 2. The van der Waals surface area contributed by atoms with Crippen molar-refractivity contribution in [2.45, 2.75) is 30.6 Å². The minimum absolute atomic E-state index is 0.113. The Balaban J connectivity index is 1.88. The molecule has 0 spiro atoms. The van der Waals surface area contributed by atoms with Crippen molar-refractivity contribution >= 4 is 27.5 Å². The van der Waals surface area contributed by atoms with E-state index in [0.717, 1.165) is 18.4 Å². The van der Waals surface area contributed by atoms with E-state index in [9.17, 15) is 13.2 Å². The quantitative estimate of drug-likeness (QED) is 0.622. The molecule has 2 aromatic rings. The van der Waals surface area contributed by atoms with Crippen LogP contribution in [-0.4, -0.2) is 45.4 Å². The first-order valence-electron chi connectivity index (χ1n) is 10.0. The number of carbonyl (C=O) groups excluding carboxylic acids is 1. The molecule has 0 unspecified atom stereocenters. The number of amides is 1. The highest BCUT2D eigenvalue weighted by Gasteiger charge is 2.43. The zero-order valence-electron chi connectivity index (χ0n) is 17.2. The van der Waals surface area contributed by atoms with E-state index >= 15 is 0 Å². The highest BCUT2D eigenvalue weighted by Crippen LogP contribution is 2.36. The van der Waals surface area contributed by atoms with Crippen LogP contribution in [0.1, 0.15) is 31.2 Å². The number of methoxy groups -OCH3 is 1. The third-order valence-corrected chi connectivity index (χ3v) is 7.55. The highest BCUT2D eigenvalue weighted by atomic mass is 35.5. The number of ether oxygens (including phenoxy) is 1. The molecule has 1 aliphatic rings. The first-order chi connectivity index (χ1) is 14.4. The molecule has 0 aromatic heterocycles. The fourth-order valence-corrected chi connectivity index (χ4v) is 5.31. The van der Waals surface area contributed by atoms with Crippen molar-refractivity contribution in [3.8, 4) is 5.75 Å². The maximum atomic E-state index is 13.2. The van der Waals surface area contributed by atoms with Crippen LogP contribution in [0.3, 0.4) is 0 Å². The van der Waals surface area contributed by atoms with Gasteiger partial charge in [0.15, 0.2) is 0 Å². The van der Waals surface area contributed by atoms with Crippen molar-refractivity contribution in [2.75, 3.05) is 26.7 Å². The number of nitrogens with zero attached hydrogens (tertiary/aromatic N) is 1. The van der Waals surface area contributed by atoms with Crippen LogP contribution in [-0.2, 0) is 14.8 Å². The molecule has 30 heavy (non-hydrogen) atoms. The second kappa shape index (κ2) is 9.81. The van der Waals surface area contributed by atoms with E-state index < -0.39 is 15.9 Å². The summed E-state index contributed by atoms with van der Waals surface area (Å²) < 4.78 is 33.0. The summed E-state index contributed by atoms with van der Waals surface area (Å²) in [5, 5.41) is 3.44. The van der Waals surface area contributed by atoms with Gasteiger partial charge in [-0.05, 0) is 48.4 Å². The van der Waals surface area contributed by atoms with Gasteiger partial charge in [0.25, 0.3) is 0 Å². The Bertz CT molecular complexity index is 962. The van der Waals surface area contributed by atoms with Gasteiger partial charge in [0.1, 0.15) is 5.75 Å². The molecule has 1 aliphatic heterocycles. The molecule has 0 bridgehead atoms. The van der Waals surface area contributed by atoms with E-state index in [1.54, 1.807) is 19.2 Å². The van der Waals surface area contributed by atoms with Crippen molar-refractivity contribution < 1.29 is 17.9 Å². The number of unbranched alkanes of at least 4 members (excludes halogenated alkanes) is 1. The topological polar surface area (TPSA) is 75.7 Å². The summed E-state index contributed by atoms with van der Waals surface area (Å²) >= 11 is 5.90. The minimum Gasteiger partial charge on any atom is -0.497 e. The summed E-state index contributed by atoms with van der Waals surface area (Å²) in [4.78, 5) is 13.1. The summed E-state index contributed by atoms with van der Waals surface area (Å²) in [7, 11) is -2.14. The van der Waals surface area contributed by atoms with Crippen LogP contribution in [0.4, 0.5) is 0 Å². The monoisotopic (exact) mass is 450 g/mol. The predicted molar refractivity (Wildman–Crippen MR) is 117 cm³/mol. The number of halogens is 1. The first kappa shape index (κ1) is 22.6. The summed E-state index contributed by atoms with van der Waals surface area (Å²) in [6.07, 6.45) is 1.86. The van der Waals surface area contributed by atoms with Gasteiger partial charge in [-0.15, -0.1) is 0 Å². The first-order valence-corrected chi connectivity index (χ1v) is 11.9. The lowest BCUT2D eigenvalue weighted by atomic mass is 9.88. The van der Waals surface area contributed by atoms with Gasteiger partial charge >= 0.3 is 0 Å². The largest absolute Gasteiger partial charge is 0.497 e. The molecule has 162 valence electrons. The van der Waals surface area contributed by atoms with Gasteiger partial charge in [0.2, 0.25) is 15.9 Å². The smallest absolute Gasteiger partial charge is 0.243 e. The Morgan fingerprint density at radius 3 is 2.40 bits per heavy atom. The second-order valence-electron chi connectivity index (χ2n) is 7.41. The van der Waals surface area contributed by atoms with E-state index in [1.807, 2.05) is 24.3 Å². The molecular weight excluding hydrogens is 424 g/mol. The van der Waals surface area contributed by atoms with Crippen molar-refractivity contribution in [2.24, 2.45) is 5.92 Å². The van der Waals surface area contributed by atoms with E-state index in [2.05, 4.69) is 12.2 Å². The lowest BCUT2D eigenvalue weighted by Crippen LogP contribution is -2.36. The zero-order chi connectivity index (χ0) is 21.7. The van der Waals surface area contributed by atoms with Crippen molar-refractivity contribution in [1.29, 1.82) is 0 Å². The van der Waals surface area contributed by atoms with E-state index in [0.29, 0.717) is 17.3 Å². The lowest BCUT2D eigenvalue weighted by molar-refractivity contribution is -0.124. The molecule has 0 saturated carbocycles. The van der Waals surface area contributed by atoms with Crippen LogP contribution >= 0.6 is 11.6 Å². The average Bonchev–Trinajstić information content (AvgIpc) is 3.21. The highest BCUT2D eigenvalue weighted by molar-refractivity contribution is 7.89. The van der Waals surface area contributed by atoms with Gasteiger partial charge in [-0.1, -0.05) is 37.1 Å². The Morgan fingerprint density at radius 2 is 1.80 bits per heavy atom. The maximum absolute atomic E-state index is 13.2. The summed E-state index contributed by atoms with van der Waals surface area (Å²) in [5.74, 6) is -0.0960. The number of sulfonamides is 1. The number of carbonyl (C=O) groups is 1. The van der Waals surface area contributed by atoms with Crippen molar-refractivity contribution in [1.82, 2.24) is 9.62 Å². The third kappa shape index (κ3) is 4.96. The molecule has 1 fully saturated rings.